The lowest BCUT2D eigenvalue weighted by Gasteiger charge is -2.09. The Balaban J connectivity index is 2.15. The summed E-state index contributed by atoms with van der Waals surface area (Å²) in [5.41, 5.74) is 3.24. The maximum absolute atomic E-state index is 10.9. The number of benzene rings is 2. The minimum absolute atomic E-state index is 0.504. The van der Waals surface area contributed by atoms with Crippen LogP contribution in [0.4, 0.5) is 0 Å². The van der Waals surface area contributed by atoms with Crippen LogP contribution in [0.1, 0.15) is 17.3 Å². The number of rotatable bonds is 4. The van der Waals surface area contributed by atoms with E-state index in [0.717, 1.165) is 28.4 Å². The Morgan fingerprint density at radius 2 is 1.91 bits per heavy atom. The van der Waals surface area contributed by atoms with Gasteiger partial charge in [0.15, 0.2) is 0 Å². The number of hydrogen-bond acceptors (Lipinski definition) is 2. The Kier molecular flexibility index (Phi) is 4.10. The van der Waals surface area contributed by atoms with Crippen molar-refractivity contribution in [2.24, 2.45) is 0 Å². The van der Waals surface area contributed by atoms with E-state index >= 15 is 0 Å². The summed E-state index contributed by atoms with van der Waals surface area (Å²) in [6.45, 7) is 2.43. The fraction of sp³-hybridized carbons (Fsp3) is 0.118. The molecule has 0 bridgehead atoms. The van der Waals surface area contributed by atoms with Gasteiger partial charge in [0.25, 0.3) is 0 Å². The number of halogens is 2. The Morgan fingerprint density at radius 1 is 1.14 bits per heavy atom. The smallest absolute Gasteiger partial charge is 0.150 e. The summed E-state index contributed by atoms with van der Waals surface area (Å²) in [7, 11) is 0. The Labute approximate surface area is 137 Å². The van der Waals surface area contributed by atoms with Crippen molar-refractivity contribution in [1.82, 2.24) is 4.98 Å². The molecule has 0 unspecified atom stereocenters. The third-order valence-corrected chi connectivity index (χ3v) is 4.12. The molecule has 0 aliphatic rings. The van der Waals surface area contributed by atoms with Gasteiger partial charge >= 0.3 is 0 Å². The van der Waals surface area contributed by atoms with Crippen LogP contribution in [0.15, 0.2) is 36.4 Å². The molecule has 5 heteroatoms. The topological polar surface area (TPSA) is 42.1 Å². The number of aromatic nitrogens is 1. The van der Waals surface area contributed by atoms with Crippen molar-refractivity contribution >= 4 is 40.4 Å². The number of hydrogen-bond donors (Lipinski definition) is 1. The van der Waals surface area contributed by atoms with E-state index in [2.05, 4.69) is 4.98 Å². The number of aromatic amines is 1. The Hall–Kier alpha value is -1.97. The van der Waals surface area contributed by atoms with Crippen LogP contribution in [-0.4, -0.2) is 17.9 Å². The van der Waals surface area contributed by atoms with Gasteiger partial charge in [-0.25, -0.2) is 0 Å². The number of carbonyl (C=O) groups excluding carboxylic acids is 1. The molecule has 0 fully saturated rings. The highest BCUT2D eigenvalue weighted by molar-refractivity contribution is 6.42. The maximum Gasteiger partial charge on any atom is 0.150 e. The van der Waals surface area contributed by atoms with Gasteiger partial charge in [0, 0.05) is 22.0 Å². The second-order valence-electron chi connectivity index (χ2n) is 4.84. The summed E-state index contributed by atoms with van der Waals surface area (Å²) in [6, 6.07) is 11.0. The lowest BCUT2D eigenvalue weighted by molar-refractivity contribution is 0.112. The normalized spacial score (nSPS) is 10.9. The standard InChI is InChI=1S/C17H13Cl2NO2/c1-2-22-17-5-10(9-21)3-4-12(17)16-7-11-6-13(18)14(19)8-15(11)20-16/h3-9,20H,2H2,1H3. The second kappa shape index (κ2) is 6.03. The third kappa shape index (κ3) is 2.70. The maximum atomic E-state index is 10.9. The van der Waals surface area contributed by atoms with Gasteiger partial charge in [-0.15, -0.1) is 0 Å². The number of fused-ring (bicyclic) bond motifs is 1. The average molecular weight is 334 g/mol. The fourth-order valence-corrected chi connectivity index (χ4v) is 2.72. The van der Waals surface area contributed by atoms with E-state index in [-0.39, 0.29) is 0 Å². The van der Waals surface area contributed by atoms with E-state index in [1.54, 1.807) is 18.2 Å². The molecular formula is C17H13Cl2NO2. The molecule has 3 nitrogen and oxygen atoms in total. The molecule has 1 aromatic heterocycles. The lowest BCUT2D eigenvalue weighted by atomic mass is 10.1. The van der Waals surface area contributed by atoms with Gasteiger partial charge in [-0.05, 0) is 37.3 Å². The Morgan fingerprint density at radius 3 is 2.64 bits per heavy atom. The average Bonchev–Trinajstić information content (AvgIpc) is 2.90. The van der Waals surface area contributed by atoms with Crippen molar-refractivity contribution < 1.29 is 9.53 Å². The predicted molar refractivity (Wildman–Crippen MR) is 90.3 cm³/mol. The summed E-state index contributed by atoms with van der Waals surface area (Å²) in [6.07, 6.45) is 0.803. The molecule has 3 rings (SSSR count). The highest BCUT2D eigenvalue weighted by Gasteiger charge is 2.11. The van der Waals surface area contributed by atoms with Crippen LogP contribution in [0.2, 0.25) is 10.0 Å². The zero-order valence-electron chi connectivity index (χ0n) is 11.8. The summed E-state index contributed by atoms with van der Waals surface area (Å²) >= 11 is 12.1. The van der Waals surface area contributed by atoms with Crippen molar-refractivity contribution in [3.8, 4) is 17.0 Å². The van der Waals surface area contributed by atoms with Gasteiger partial charge in [-0.2, -0.15) is 0 Å². The molecule has 0 spiro atoms. The van der Waals surface area contributed by atoms with Gasteiger partial charge in [-0.1, -0.05) is 29.3 Å². The number of aldehydes is 1. The summed E-state index contributed by atoms with van der Waals surface area (Å²) in [5.74, 6) is 0.663. The van der Waals surface area contributed by atoms with E-state index in [9.17, 15) is 4.79 Å². The van der Waals surface area contributed by atoms with Crippen molar-refractivity contribution in [2.45, 2.75) is 6.92 Å². The van der Waals surface area contributed by atoms with Crippen molar-refractivity contribution in [2.75, 3.05) is 6.61 Å². The van der Waals surface area contributed by atoms with Crippen molar-refractivity contribution in [3.05, 3.63) is 52.0 Å². The first-order chi connectivity index (χ1) is 10.6. The molecule has 22 heavy (non-hydrogen) atoms. The molecule has 1 heterocycles. The zero-order chi connectivity index (χ0) is 15.7. The van der Waals surface area contributed by atoms with Crippen LogP contribution in [0.25, 0.3) is 22.2 Å². The van der Waals surface area contributed by atoms with Crippen LogP contribution in [0.3, 0.4) is 0 Å². The summed E-state index contributed by atoms with van der Waals surface area (Å²) in [5, 5.41) is 1.98. The lowest BCUT2D eigenvalue weighted by Crippen LogP contribution is -1.95. The summed E-state index contributed by atoms with van der Waals surface area (Å²) in [4.78, 5) is 14.2. The third-order valence-electron chi connectivity index (χ3n) is 3.39. The van der Waals surface area contributed by atoms with Gasteiger partial charge in [0.05, 0.1) is 22.3 Å². The van der Waals surface area contributed by atoms with Crippen LogP contribution >= 0.6 is 23.2 Å². The van der Waals surface area contributed by atoms with E-state index in [0.29, 0.717) is 28.0 Å². The molecule has 2 aromatic carbocycles. The summed E-state index contributed by atoms with van der Waals surface area (Å²) < 4.78 is 5.65. The van der Waals surface area contributed by atoms with Gasteiger partial charge in [0.2, 0.25) is 0 Å². The van der Waals surface area contributed by atoms with Crippen LogP contribution in [0, 0.1) is 0 Å². The molecule has 0 saturated carbocycles. The monoisotopic (exact) mass is 333 g/mol. The molecule has 112 valence electrons. The number of nitrogens with one attached hydrogen (secondary N) is 1. The molecule has 1 N–H and O–H groups in total. The zero-order valence-corrected chi connectivity index (χ0v) is 13.3. The van der Waals surface area contributed by atoms with Crippen LogP contribution < -0.4 is 4.74 Å². The first-order valence-electron chi connectivity index (χ1n) is 6.82. The van der Waals surface area contributed by atoms with Gasteiger partial charge < -0.3 is 9.72 Å². The second-order valence-corrected chi connectivity index (χ2v) is 5.66. The fourth-order valence-electron chi connectivity index (χ4n) is 2.38. The minimum atomic E-state index is 0.504. The predicted octanol–water partition coefficient (Wildman–Crippen LogP) is 5.35. The van der Waals surface area contributed by atoms with E-state index < -0.39 is 0 Å². The molecule has 0 amide bonds. The van der Waals surface area contributed by atoms with Crippen LogP contribution in [-0.2, 0) is 0 Å². The molecular weight excluding hydrogens is 321 g/mol. The largest absolute Gasteiger partial charge is 0.493 e. The molecule has 0 atom stereocenters. The van der Waals surface area contributed by atoms with E-state index in [4.69, 9.17) is 27.9 Å². The number of ether oxygens (including phenoxy) is 1. The van der Waals surface area contributed by atoms with Crippen molar-refractivity contribution in [3.63, 3.8) is 0 Å². The molecule has 0 radical (unpaired) electrons. The van der Waals surface area contributed by atoms with Crippen LogP contribution in [0.5, 0.6) is 5.75 Å². The SMILES string of the molecule is CCOc1cc(C=O)ccc1-c1cc2cc(Cl)c(Cl)cc2[nH]1. The van der Waals surface area contributed by atoms with Gasteiger partial charge in [0.1, 0.15) is 12.0 Å². The molecule has 0 saturated heterocycles. The van der Waals surface area contributed by atoms with E-state index in [1.807, 2.05) is 25.1 Å². The highest BCUT2D eigenvalue weighted by atomic mass is 35.5. The Bertz CT molecular complexity index is 816. The molecule has 0 aliphatic carbocycles. The minimum Gasteiger partial charge on any atom is -0.493 e. The quantitative estimate of drug-likeness (QED) is 0.653. The van der Waals surface area contributed by atoms with Crippen molar-refractivity contribution in [1.29, 1.82) is 0 Å². The number of carbonyl (C=O) groups is 1. The molecule has 3 aromatic rings. The van der Waals surface area contributed by atoms with Gasteiger partial charge in [-0.3, -0.25) is 4.79 Å². The first-order valence-corrected chi connectivity index (χ1v) is 7.58. The van der Waals surface area contributed by atoms with E-state index in [1.165, 1.54) is 0 Å². The highest BCUT2D eigenvalue weighted by Crippen LogP contribution is 2.35. The number of H-pyrrole nitrogens is 1. The first kappa shape index (κ1) is 14.9. The molecule has 0 aliphatic heterocycles.